The van der Waals surface area contributed by atoms with Crippen LogP contribution in [-0.2, 0) is 6.54 Å². The number of nitrogens with zero attached hydrogens (tertiary/aromatic N) is 7. The van der Waals surface area contributed by atoms with E-state index >= 15 is 0 Å². The highest BCUT2D eigenvalue weighted by atomic mass is 16.5. The Labute approximate surface area is 208 Å². The largest absolute Gasteiger partial charge is 0.489 e. The molecule has 10 nitrogen and oxygen atoms in total. The topological polar surface area (TPSA) is 119 Å². The van der Waals surface area contributed by atoms with Crippen LogP contribution in [0.15, 0.2) is 49.2 Å². The summed E-state index contributed by atoms with van der Waals surface area (Å²) >= 11 is 0. The van der Waals surface area contributed by atoms with Gasteiger partial charge in [0.1, 0.15) is 30.1 Å². The number of ether oxygens (including phenoxy) is 1. The van der Waals surface area contributed by atoms with Crippen LogP contribution in [0, 0.1) is 11.3 Å². The molecule has 0 spiro atoms. The second-order valence-corrected chi connectivity index (χ2v) is 10.2. The van der Waals surface area contributed by atoms with Crippen molar-refractivity contribution < 1.29 is 9.84 Å². The molecule has 0 amide bonds. The third-order valence-corrected chi connectivity index (χ3v) is 6.91. The molecule has 2 bridgehead atoms. The van der Waals surface area contributed by atoms with Gasteiger partial charge in [-0.3, -0.25) is 4.90 Å². The number of imidazole rings is 1. The number of piperidine rings is 1. The Morgan fingerprint density at radius 1 is 1.22 bits per heavy atom. The summed E-state index contributed by atoms with van der Waals surface area (Å²) in [6, 6.07) is 9.19. The molecule has 0 saturated carbocycles. The van der Waals surface area contributed by atoms with E-state index in [1.807, 2.05) is 30.6 Å². The molecule has 184 valence electrons. The zero-order valence-electron chi connectivity index (χ0n) is 20.3. The van der Waals surface area contributed by atoms with E-state index in [1.54, 1.807) is 37.0 Å². The zero-order valence-corrected chi connectivity index (χ0v) is 20.3. The van der Waals surface area contributed by atoms with Gasteiger partial charge in [0, 0.05) is 54.9 Å². The van der Waals surface area contributed by atoms with Crippen molar-refractivity contribution >= 4 is 11.3 Å². The van der Waals surface area contributed by atoms with Crippen LogP contribution in [0.25, 0.3) is 16.6 Å². The molecule has 36 heavy (non-hydrogen) atoms. The van der Waals surface area contributed by atoms with Gasteiger partial charge in [-0.05, 0) is 38.5 Å². The van der Waals surface area contributed by atoms with Crippen molar-refractivity contribution in [2.24, 2.45) is 0 Å². The van der Waals surface area contributed by atoms with E-state index in [2.05, 4.69) is 30.9 Å². The first-order valence-corrected chi connectivity index (χ1v) is 12.1. The molecule has 2 N–H and O–H groups in total. The van der Waals surface area contributed by atoms with Crippen LogP contribution in [0.1, 0.15) is 31.7 Å². The van der Waals surface area contributed by atoms with Crippen LogP contribution in [-0.4, -0.2) is 72.0 Å². The van der Waals surface area contributed by atoms with E-state index < -0.39 is 5.60 Å². The summed E-state index contributed by atoms with van der Waals surface area (Å²) < 4.78 is 7.48. The van der Waals surface area contributed by atoms with Crippen LogP contribution in [0.5, 0.6) is 5.75 Å². The number of fused-ring (bicyclic) bond motifs is 3. The van der Waals surface area contributed by atoms with Gasteiger partial charge >= 0.3 is 0 Å². The Kier molecular flexibility index (Phi) is 5.39. The second kappa shape index (κ2) is 8.62. The lowest BCUT2D eigenvalue weighted by Crippen LogP contribution is -2.68. The van der Waals surface area contributed by atoms with Gasteiger partial charge in [-0.25, -0.2) is 14.5 Å². The number of hydrogen-bond donors (Lipinski definition) is 2. The van der Waals surface area contributed by atoms with Gasteiger partial charge < -0.3 is 19.7 Å². The first kappa shape index (κ1) is 22.5. The SMILES string of the molecule is CC(C)(O)COc1cc(-c2ccc(N3CC4CC(C3)N4Cc3ncc[nH]3)nc2)c2c(C#N)cnn2c1. The normalized spacial score (nSPS) is 19.8. The fourth-order valence-electron chi connectivity index (χ4n) is 5.16. The standard InChI is InChI=1S/C26H28N8O2/c1-26(2,35)16-36-21-8-22(25-18(9-27)11-31-34(25)14-21)17-3-4-24(30-10-17)32-12-19-7-20(13-32)33(19)15-23-28-5-6-29-23/h3-6,8,10-11,14,19-20,35H,7,12-13,15-16H2,1-2H3,(H,28,29). The number of anilines is 1. The summed E-state index contributed by atoms with van der Waals surface area (Å²) in [6.07, 6.45) is 10.0. The van der Waals surface area contributed by atoms with Crippen LogP contribution in [0.2, 0.25) is 0 Å². The Balaban J connectivity index is 1.23. The first-order valence-electron chi connectivity index (χ1n) is 12.1. The van der Waals surface area contributed by atoms with Crippen LogP contribution in [0.3, 0.4) is 0 Å². The van der Waals surface area contributed by atoms with Crippen LogP contribution < -0.4 is 9.64 Å². The summed E-state index contributed by atoms with van der Waals surface area (Å²) in [5.41, 5.74) is 1.90. The molecule has 0 aliphatic carbocycles. The van der Waals surface area contributed by atoms with Gasteiger partial charge in [-0.15, -0.1) is 0 Å². The molecule has 4 aromatic heterocycles. The minimum Gasteiger partial charge on any atom is -0.489 e. The lowest BCUT2D eigenvalue weighted by atomic mass is 9.87. The third-order valence-electron chi connectivity index (χ3n) is 6.91. The number of piperazine rings is 1. The lowest BCUT2D eigenvalue weighted by Gasteiger charge is -2.56. The maximum absolute atomic E-state index is 10.1. The molecule has 2 unspecified atom stereocenters. The highest BCUT2D eigenvalue weighted by Crippen LogP contribution is 2.36. The molecule has 0 radical (unpaired) electrons. The third kappa shape index (κ3) is 4.17. The van der Waals surface area contributed by atoms with Crippen molar-refractivity contribution in [3.8, 4) is 22.9 Å². The maximum Gasteiger partial charge on any atom is 0.138 e. The molecule has 3 aliphatic rings. The fraction of sp³-hybridized carbons (Fsp3) is 0.385. The number of hydrogen-bond acceptors (Lipinski definition) is 8. The quantitative estimate of drug-likeness (QED) is 0.411. The van der Waals surface area contributed by atoms with Crippen LogP contribution in [0.4, 0.5) is 5.82 Å². The van der Waals surface area contributed by atoms with E-state index in [0.717, 1.165) is 42.4 Å². The van der Waals surface area contributed by atoms with Gasteiger partial charge in [0.2, 0.25) is 0 Å². The Morgan fingerprint density at radius 2 is 2.06 bits per heavy atom. The average molecular weight is 485 g/mol. The summed E-state index contributed by atoms with van der Waals surface area (Å²) in [4.78, 5) is 17.2. The molecule has 3 saturated heterocycles. The van der Waals surface area contributed by atoms with E-state index in [4.69, 9.17) is 9.72 Å². The van der Waals surface area contributed by atoms with Gasteiger partial charge in [0.15, 0.2) is 0 Å². The van der Waals surface area contributed by atoms with E-state index in [1.165, 1.54) is 6.42 Å². The summed E-state index contributed by atoms with van der Waals surface area (Å²) in [6.45, 7) is 6.26. The number of rotatable bonds is 7. The molecular weight excluding hydrogens is 456 g/mol. The number of pyridine rings is 2. The molecule has 2 atom stereocenters. The van der Waals surface area contributed by atoms with E-state index in [9.17, 15) is 10.4 Å². The molecule has 4 aromatic rings. The van der Waals surface area contributed by atoms with Crippen molar-refractivity contribution in [1.82, 2.24) is 29.5 Å². The Morgan fingerprint density at radius 3 is 2.72 bits per heavy atom. The van der Waals surface area contributed by atoms with Crippen molar-refractivity contribution in [2.75, 3.05) is 24.6 Å². The molecule has 3 aliphatic heterocycles. The van der Waals surface area contributed by atoms with Crippen molar-refractivity contribution in [3.63, 3.8) is 0 Å². The fourth-order valence-corrected chi connectivity index (χ4v) is 5.16. The lowest BCUT2D eigenvalue weighted by molar-refractivity contribution is -0.0106. The van der Waals surface area contributed by atoms with E-state index in [-0.39, 0.29) is 6.61 Å². The molecule has 10 heteroatoms. The highest BCUT2D eigenvalue weighted by molar-refractivity contribution is 5.85. The number of aromatic amines is 1. The highest BCUT2D eigenvalue weighted by Gasteiger charge is 2.45. The molecule has 3 fully saturated rings. The van der Waals surface area contributed by atoms with Crippen molar-refractivity contribution in [2.45, 2.75) is 44.5 Å². The van der Waals surface area contributed by atoms with Gasteiger partial charge in [0.25, 0.3) is 0 Å². The maximum atomic E-state index is 10.1. The number of nitriles is 1. The average Bonchev–Trinajstić information content (AvgIpc) is 3.55. The number of aliphatic hydroxyl groups is 1. The number of nitrogens with one attached hydrogen (secondary N) is 1. The second-order valence-electron chi connectivity index (χ2n) is 10.2. The summed E-state index contributed by atoms with van der Waals surface area (Å²) in [7, 11) is 0. The minimum atomic E-state index is -0.969. The van der Waals surface area contributed by atoms with Gasteiger partial charge in [-0.1, -0.05) is 0 Å². The summed E-state index contributed by atoms with van der Waals surface area (Å²) in [5, 5.41) is 24.0. The number of H-pyrrole nitrogens is 1. The Bertz CT molecular complexity index is 1400. The first-order chi connectivity index (χ1) is 17.4. The molecule has 0 aromatic carbocycles. The summed E-state index contributed by atoms with van der Waals surface area (Å²) in [5.74, 6) is 2.52. The van der Waals surface area contributed by atoms with Gasteiger partial charge in [0.05, 0.1) is 35.6 Å². The predicted octanol–water partition coefficient (Wildman–Crippen LogP) is 2.60. The monoisotopic (exact) mass is 484 g/mol. The minimum absolute atomic E-state index is 0.135. The molecule has 7 heterocycles. The van der Waals surface area contributed by atoms with Crippen LogP contribution >= 0.6 is 0 Å². The Hall–Kier alpha value is -3.94. The van der Waals surface area contributed by atoms with E-state index in [0.29, 0.717) is 28.9 Å². The molecular formula is C26H28N8O2. The van der Waals surface area contributed by atoms with Gasteiger partial charge in [-0.2, -0.15) is 10.4 Å². The smallest absolute Gasteiger partial charge is 0.138 e. The number of aromatic nitrogens is 5. The van der Waals surface area contributed by atoms with Crippen molar-refractivity contribution in [1.29, 1.82) is 5.26 Å². The van der Waals surface area contributed by atoms with Crippen molar-refractivity contribution in [3.05, 3.63) is 60.6 Å². The molecule has 7 rings (SSSR count). The predicted molar refractivity (Wildman–Crippen MR) is 133 cm³/mol. The zero-order chi connectivity index (χ0) is 24.9.